The predicted octanol–water partition coefficient (Wildman–Crippen LogP) is 6.28. The van der Waals surface area contributed by atoms with Gasteiger partial charge in [0.1, 0.15) is 17.6 Å². The molecule has 0 bridgehead atoms. The number of benzene rings is 2. The molecule has 4 aromatic rings. The van der Waals surface area contributed by atoms with Crippen molar-refractivity contribution in [1.82, 2.24) is 15.2 Å². The lowest BCUT2D eigenvalue weighted by atomic mass is 10.1. The number of pyridine rings is 1. The Morgan fingerprint density at radius 3 is 2.56 bits per heavy atom. The predicted molar refractivity (Wildman–Crippen MR) is 134 cm³/mol. The summed E-state index contributed by atoms with van der Waals surface area (Å²) in [6.07, 6.45) is 3.84. The monoisotopic (exact) mass is 497 g/mol. The van der Waals surface area contributed by atoms with Crippen molar-refractivity contribution in [3.8, 4) is 11.5 Å². The first-order chi connectivity index (χ1) is 16.4. The standard InChI is InChI=1S/C24H21Cl2N5O3/c1-4-22(32)28-20-8-5-14(33-3)10-21(20)29-24-16-9-15(6-7-19(16)30-31-24)34-13(2)23-17(25)11-27-12-18(23)26/h4-13H,1H2,2-3H3,(H,28,32)(H2,29,30,31). The second-order valence-electron chi connectivity index (χ2n) is 7.29. The number of nitrogens with zero attached hydrogens (tertiary/aromatic N) is 2. The molecule has 34 heavy (non-hydrogen) atoms. The van der Waals surface area contributed by atoms with Gasteiger partial charge in [0.15, 0.2) is 5.82 Å². The van der Waals surface area contributed by atoms with E-state index in [2.05, 4.69) is 32.4 Å². The van der Waals surface area contributed by atoms with E-state index < -0.39 is 6.10 Å². The maximum Gasteiger partial charge on any atom is 0.247 e. The first-order valence-corrected chi connectivity index (χ1v) is 11.0. The number of aromatic amines is 1. The Morgan fingerprint density at radius 1 is 1.12 bits per heavy atom. The third-order valence-electron chi connectivity index (χ3n) is 5.07. The Morgan fingerprint density at radius 2 is 1.85 bits per heavy atom. The first-order valence-electron chi connectivity index (χ1n) is 10.2. The van der Waals surface area contributed by atoms with Crippen LogP contribution in [0.25, 0.3) is 10.9 Å². The van der Waals surface area contributed by atoms with Gasteiger partial charge in [0, 0.05) is 29.4 Å². The molecule has 0 fully saturated rings. The molecule has 2 aromatic heterocycles. The third kappa shape index (κ3) is 4.93. The molecule has 0 saturated heterocycles. The minimum Gasteiger partial charge on any atom is -0.497 e. The second-order valence-corrected chi connectivity index (χ2v) is 8.10. The van der Waals surface area contributed by atoms with Crippen molar-refractivity contribution in [2.45, 2.75) is 13.0 Å². The molecular formula is C24H21Cl2N5O3. The molecule has 3 N–H and O–H groups in total. The van der Waals surface area contributed by atoms with E-state index in [9.17, 15) is 4.79 Å². The van der Waals surface area contributed by atoms with E-state index in [1.807, 2.05) is 25.1 Å². The lowest BCUT2D eigenvalue weighted by Crippen LogP contribution is -2.09. The summed E-state index contributed by atoms with van der Waals surface area (Å²) in [5.74, 6) is 1.41. The largest absolute Gasteiger partial charge is 0.497 e. The molecule has 0 aliphatic heterocycles. The molecule has 4 rings (SSSR count). The summed E-state index contributed by atoms with van der Waals surface area (Å²) >= 11 is 12.5. The van der Waals surface area contributed by atoms with Crippen LogP contribution in [0.1, 0.15) is 18.6 Å². The van der Waals surface area contributed by atoms with Crippen LogP contribution in [0.2, 0.25) is 10.0 Å². The van der Waals surface area contributed by atoms with Crippen molar-refractivity contribution in [1.29, 1.82) is 0 Å². The highest BCUT2D eigenvalue weighted by Crippen LogP contribution is 2.36. The van der Waals surface area contributed by atoms with Crippen molar-refractivity contribution in [3.05, 3.63) is 77.1 Å². The summed E-state index contributed by atoms with van der Waals surface area (Å²) < 4.78 is 11.4. The molecule has 10 heteroatoms. The molecule has 1 unspecified atom stereocenters. The van der Waals surface area contributed by atoms with Crippen LogP contribution in [0.4, 0.5) is 17.2 Å². The van der Waals surface area contributed by atoms with Crippen LogP contribution < -0.4 is 20.1 Å². The number of amides is 1. The van der Waals surface area contributed by atoms with Gasteiger partial charge in [-0.1, -0.05) is 29.8 Å². The lowest BCUT2D eigenvalue weighted by Gasteiger charge is -2.17. The highest BCUT2D eigenvalue weighted by atomic mass is 35.5. The topological polar surface area (TPSA) is 101 Å². The van der Waals surface area contributed by atoms with Crippen molar-refractivity contribution in [3.63, 3.8) is 0 Å². The molecule has 1 amide bonds. The third-order valence-corrected chi connectivity index (χ3v) is 5.67. The molecule has 0 aliphatic carbocycles. The molecule has 0 spiro atoms. The molecular weight excluding hydrogens is 477 g/mol. The minimum absolute atomic E-state index is 0.335. The van der Waals surface area contributed by atoms with Gasteiger partial charge in [0.2, 0.25) is 5.91 Å². The normalized spacial score (nSPS) is 11.6. The van der Waals surface area contributed by atoms with Crippen LogP contribution in [0.5, 0.6) is 11.5 Å². The van der Waals surface area contributed by atoms with Crippen LogP contribution in [0.3, 0.4) is 0 Å². The zero-order chi connectivity index (χ0) is 24.2. The number of H-pyrrole nitrogens is 1. The zero-order valence-electron chi connectivity index (χ0n) is 18.4. The van der Waals surface area contributed by atoms with Gasteiger partial charge in [-0.25, -0.2) is 0 Å². The van der Waals surface area contributed by atoms with Gasteiger partial charge in [-0.05, 0) is 43.3 Å². The smallest absolute Gasteiger partial charge is 0.247 e. The number of aromatic nitrogens is 3. The summed E-state index contributed by atoms with van der Waals surface area (Å²) in [5, 5.41) is 15.0. The van der Waals surface area contributed by atoms with Crippen LogP contribution >= 0.6 is 23.2 Å². The second kappa shape index (κ2) is 10.0. The van der Waals surface area contributed by atoms with Gasteiger partial charge in [0.05, 0.1) is 34.0 Å². The quantitative estimate of drug-likeness (QED) is 0.247. The Kier molecular flexibility index (Phi) is 6.90. The molecule has 1 atom stereocenters. The Hall–Kier alpha value is -3.75. The fraction of sp³-hybridized carbons (Fsp3) is 0.125. The first kappa shape index (κ1) is 23.4. The number of carbonyl (C=O) groups is 1. The van der Waals surface area contributed by atoms with Crippen LogP contribution in [0, 0.1) is 0 Å². The number of halogens is 2. The summed E-state index contributed by atoms with van der Waals surface area (Å²) in [7, 11) is 1.57. The number of ether oxygens (including phenoxy) is 2. The van der Waals surface area contributed by atoms with Crippen LogP contribution in [-0.4, -0.2) is 28.2 Å². The van der Waals surface area contributed by atoms with Gasteiger partial charge >= 0.3 is 0 Å². The van der Waals surface area contributed by atoms with Gasteiger partial charge in [-0.3, -0.25) is 14.9 Å². The van der Waals surface area contributed by atoms with Crippen LogP contribution in [0.15, 0.2) is 61.4 Å². The highest BCUT2D eigenvalue weighted by molar-refractivity contribution is 6.35. The number of nitrogens with one attached hydrogen (secondary N) is 3. The number of carbonyl (C=O) groups excluding carboxylic acids is 1. The van der Waals surface area contributed by atoms with E-state index in [-0.39, 0.29) is 5.91 Å². The van der Waals surface area contributed by atoms with E-state index in [0.717, 1.165) is 10.9 Å². The molecule has 0 radical (unpaired) electrons. The zero-order valence-corrected chi connectivity index (χ0v) is 19.9. The SMILES string of the molecule is C=CC(=O)Nc1ccc(OC)cc1Nc1n[nH]c2ccc(OC(C)c3c(Cl)cncc3Cl)cc12. The van der Waals surface area contributed by atoms with E-state index in [1.165, 1.54) is 18.5 Å². The fourth-order valence-electron chi connectivity index (χ4n) is 3.41. The van der Waals surface area contributed by atoms with Crippen molar-refractivity contribution >= 4 is 57.2 Å². The highest BCUT2D eigenvalue weighted by Gasteiger charge is 2.17. The Balaban J connectivity index is 1.65. The van der Waals surface area contributed by atoms with Crippen molar-refractivity contribution in [2.75, 3.05) is 17.7 Å². The summed E-state index contributed by atoms with van der Waals surface area (Å²) in [5.41, 5.74) is 2.59. The molecule has 2 aromatic carbocycles. The Labute approximate surface area is 205 Å². The Bertz CT molecular complexity index is 1350. The summed E-state index contributed by atoms with van der Waals surface area (Å²) in [6, 6.07) is 10.8. The average Bonchev–Trinajstić information content (AvgIpc) is 3.21. The van der Waals surface area contributed by atoms with E-state index in [0.29, 0.717) is 44.3 Å². The number of methoxy groups -OCH3 is 1. The number of hydrogen-bond donors (Lipinski definition) is 3. The number of rotatable bonds is 8. The fourth-order valence-corrected chi connectivity index (χ4v) is 4.08. The average molecular weight is 498 g/mol. The molecule has 174 valence electrons. The summed E-state index contributed by atoms with van der Waals surface area (Å²) in [6.45, 7) is 5.35. The van der Waals surface area contributed by atoms with E-state index in [4.69, 9.17) is 32.7 Å². The van der Waals surface area contributed by atoms with Gasteiger partial charge in [0.25, 0.3) is 0 Å². The summed E-state index contributed by atoms with van der Waals surface area (Å²) in [4.78, 5) is 15.8. The van der Waals surface area contributed by atoms with Gasteiger partial charge in [-0.15, -0.1) is 0 Å². The molecule has 0 saturated carbocycles. The van der Waals surface area contributed by atoms with Crippen molar-refractivity contribution in [2.24, 2.45) is 0 Å². The van der Waals surface area contributed by atoms with Gasteiger partial charge in [-0.2, -0.15) is 5.10 Å². The lowest BCUT2D eigenvalue weighted by molar-refractivity contribution is -0.111. The molecule has 0 aliphatic rings. The molecule has 8 nitrogen and oxygen atoms in total. The minimum atomic E-state index is -0.414. The number of hydrogen-bond acceptors (Lipinski definition) is 6. The number of fused-ring (bicyclic) bond motifs is 1. The van der Waals surface area contributed by atoms with Gasteiger partial charge < -0.3 is 20.1 Å². The van der Waals surface area contributed by atoms with E-state index in [1.54, 1.807) is 25.3 Å². The van der Waals surface area contributed by atoms with Crippen LogP contribution in [-0.2, 0) is 4.79 Å². The maximum atomic E-state index is 11.9. The molecule has 2 heterocycles. The van der Waals surface area contributed by atoms with Crippen molar-refractivity contribution < 1.29 is 14.3 Å². The van der Waals surface area contributed by atoms with E-state index >= 15 is 0 Å². The maximum absolute atomic E-state index is 11.9. The number of anilines is 3.